The zero-order valence-corrected chi connectivity index (χ0v) is 13.8. The predicted octanol–water partition coefficient (Wildman–Crippen LogP) is 2.76. The van der Waals surface area contributed by atoms with E-state index in [1.54, 1.807) is 11.1 Å². The van der Waals surface area contributed by atoms with Gasteiger partial charge < -0.3 is 15.5 Å². The highest BCUT2D eigenvalue weighted by molar-refractivity contribution is 5.99. The van der Waals surface area contributed by atoms with E-state index in [0.29, 0.717) is 25.2 Å². The summed E-state index contributed by atoms with van der Waals surface area (Å²) in [6.45, 7) is 3.06. The molecule has 0 spiro atoms. The molecule has 3 amide bonds. The second-order valence-corrected chi connectivity index (χ2v) is 6.02. The number of likely N-dealkylation sites (tertiary alicyclic amines) is 1. The number of carbonyl (C=O) groups excluding carboxylic acids is 2. The first kappa shape index (κ1) is 16.2. The minimum atomic E-state index is -0.149. The molecular formula is C18H22N4O2. The SMILES string of the molecule is CCC(=O)N[C@H]1CCCN(C(=O)Nc2cccc3cccnc23)C1. The predicted molar refractivity (Wildman–Crippen MR) is 93.8 cm³/mol. The molecule has 126 valence electrons. The first-order valence-electron chi connectivity index (χ1n) is 8.36. The summed E-state index contributed by atoms with van der Waals surface area (Å²) in [5.74, 6) is 0.0283. The van der Waals surface area contributed by atoms with E-state index in [2.05, 4.69) is 15.6 Å². The van der Waals surface area contributed by atoms with Crippen LogP contribution in [0.5, 0.6) is 0 Å². The Morgan fingerprint density at radius 3 is 2.96 bits per heavy atom. The van der Waals surface area contributed by atoms with Crippen LogP contribution < -0.4 is 10.6 Å². The van der Waals surface area contributed by atoms with Crippen molar-refractivity contribution in [2.45, 2.75) is 32.2 Å². The number of amides is 3. The molecule has 1 aliphatic heterocycles. The summed E-state index contributed by atoms with van der Waals surface area (Å²) in [4.78, 5) is 30.3. The van der Waals surface area contributed by atoms with Gasteiger partial charge in [0.25, 0.3) is 0 Å². The van der Waals surface area contributed by atoms with E-state index in [0.717, 1.165) is 23.7 Å². The van der Waals surface area contributed by atoms with Gasteiger partial charge in [0.2, 0.25) is 5.91 Å². The number of nitrogens with one attached hydrogen (secondary N) is 2. The van der Waals surface area contributed by atoms with Crippen LogP contribution in [0.25, 0.3) is 10.9 Å². The van der Waals surface area contributed by atoms with Gasteiger partial charge in [0, 0.05) is 37.1 Å². The number of hydrogen-bond acceptors (Lipinski definition) is 3. The Kier molecular flexibility index (Phi) is 4.93. The molecule has 0 saturated carbocycles. The Morgan fingerprint density at radius 1 is 1.29 bits per heavy atom. The summed E-state index contributed by atoms with van der Waals surface area (Å²) < 4.78 is 0. The van der Waals surface area contributed by atoms with Crippen molar-refractivity contribution in [1.29, 1.82) is 0 Å². The van der Waals surface area contributed by atoms with Crippen molar-refractivity contribution in [3.05, 3.63) is 36.5 Å². The zero-order valence-electron chi connectivity index (χ0n) is 13.8. The molecule has 6 nitrogen and oxygen atoms in total. The quantitative estimate of drug-likeness (QED) is 0.911. The lowest BCUT2D eigenvalue weighted by atomic mass is 10.1. The number of urea groups is 1. The fourth-order valence-electron chi connectivity index (χ4n) is 3.01. The highest BCUT2D eigenvalue weighted by Gasteiger charge is 2.24. The maximum absolute atomic E-state index is 12.6. The van der Waals surface area contributed by atoms with Gasteiger partial charge in [-0.05, 0) is 25.0 Å². The summed E-state index contributed by atoms with van der Waals surface area (Å²) in [5, 5.41) is 6.92. The number of piperidine rings is 1. The van der Waals surface area contributed by atoms with Crippen LogP contribution >= 0.6 is 0 Å². The Morgan fingerprint density at radius 2 is 2.12 bits per heavy atom. The lowest BCUT2D eigenvalue weighted by Crippen LogP contribution is -2.50. The molecule has 1 aliphatic rings. The molecule has 1 saturated heterocycles. The van der Waals surface area contributed by atoms with Crippen molar-refractivity contribution in [2.24, 2.45) is 0 Å². The fraction of sp³-hybridized carbons (Fsp3) is 0.389. The molecule has 1 fully saturated rings. The molecule has 2 N–H and O–H groups in total. The van der Waals surface area contributed by atoms with Crippen molar-refractivity contribution in [3.63, 3.8) is 0 Å². The van der Waals surface area contributed by atoms with E-state index in [9.17, 15) is 9.59 Å². The Bertz CT molecular complexity index is 741. The average Bonchev–Trinajstić information content (AvgIpc) is 2.62. The maximum atomic E-state index is 12.6. The highest BCUT2D eigenvalue weighted by atomic mass is 16.2. The monoisotopic (exact) mass is 326 g/mol. The second-order valence-electron chi connectivity index (χ2n) is 6.02. The maximum Gasteiger partial charge on any atom is 0.321 e. The molecule has 1 aromatic carbocycles. The van der Waals surface area contributed by atoms with Gasteiger partial charge in [0.1, 0.15) is 0 Å². The summed E-state index contributed by atoms with van der Waals surface area (Å²) in [7, 11) is 0. The minimum Gasteiger partial charge on any atom is -0.352 e. The average molecular weight is 326 g/mol. The van der Waals surface area contributed by atoms with Crippen LogP contribution in [0, 0.1) is 0 Å². The van der Waals surface area contributed by atoms with Crippen LogP contribution in [0.15, 0.2) is 36.5 Å². The van der Waals surface area contributed by atoms with Crippen molar-refractivity contribution < 1.29 is 9.59 Å². The van der Waals surface area contributed by atoms with Gasteiger partial charge in [-0.25, -0.2) is 4.79 Å². The lowest BCUT2D eigenvalue weighted by molar-refractivity contribution is -0.121. The molecule has 0 bridgehead atoms. The van der Waals surface area contributed by atoms with Crippen molar-refractivity contribution >= 4 is 28.5 Å². The number of rotatable bonds is 3. The number of para-hydroxylation sites is 1. The largest absolute Gasteiger partial charge is 0.352 e. The van der Waals surface area contributed by atoms with E-state index >= 15 is 0 Å². The van der Waals surface area contributed by atoms with Gasteiger partial charge in [-0.1, -0.05) is 25.1 Å². The molecule has 0 unspecified atom stereocenters. The second kappa shape index (κ2) is 7.29. The number of pyridine rings is 1. The third-order valence-electron chi connectivity index (χ3n) is 4.27. The molecule has 24 heavy (non-hydrogen) atoms. The van der Waals surface area contributed by atoms with Crippen molar-refractivity contribution in [1.82, 2.24) is 15.2 Å². The van der Waals surface area contributed by atoms with Gasteiger partial charge >= 0.3 is 6.03 Å². The number of fused-ring (bicyclic) bond motifs is 1. The van der Waals surface area contributed by atoms with Crippen LogP contribution in [-0.2, 0) is 4.79 Å². The number of hydrogen-bond donors (Lipinski definition) is 2. The normalized spacial score (nSPS) is 17.5. The van der Waals surface area contributed by atoms with Crippen LogP contribution in [0.1, 0.15) is 26.2 Å². The van der Waals surface area contributed by atoms with Crippen LogP contribution in [0.3, 0.4) is 0 Å². The Labute approximate surface area is 141 Å². The van der Waals surface area contributed by atoms with Crippen LogP contribution in [0.2, 0.25) is 0 Å². The number of anilines is 1. The molecule has 1 aromatic heterocycles. The number of nitrogens with zero attached hydrogens (tertiary/aromatic N) is 2. The fourth-order valence-corrected chi connectivity index (χ4v) is 3.01. The highest BCUT2D eigenvalue weighted by Crippen LogP contribution is 2.21. The van der Waals surface area contributed by atoms with Crippen molar-refractivity contribution in [3.8, 4) is 0 Å². The van der Waals surface area contributed by atoms with Gasteiger partial charge in [0.05, 0.1) is 11.2 Å². The van der Waals surface area contributed by atoms with Gasteiger partial charge in [-0.2, -0.15) is 0 Å². The number of carbonyl (C=O) groups is 2. The first-order valence-corrected chi connectivity index (χ1v) is 8.36. The standard InChI is InChI=1S/C18H22N4O2/c1-2-16(23)20-14-8-5-11-22(12-14)18(24)21-15-9-3-6-13-7-4-10-19-17(13)15/h3-4,6-7,9-10,14H,2,5,8,11-12H2,1H3,(H,20,23)(H,21,24)/t14-/m0/s1. The van der Waals surface area contributed by atoms with E-state index in [-0.39, 0.29) is 18.0 Å². The Hall–Kier alpha value is -2.63. The molecule has 2 heterocycles. The number of benzene rings is 1. The summed E-state index contributed by atoms with van der Waals surface area (Å²) >= 11 is 0. The molecule has 0 radical (unpaired) electrons. The van der Waals surface area contributed by atoms with Crippen LogP contribution in [0.4, 0.5) is 10.5 Å². The third-order valence-corrected chi connectivity index (χ3v) is 4.27. The van der Waals surface area contributed by atoms with Gasteiger partial charge in [0.15, 0.2) is 0 Å². The molecular weight excluding hydrogens is 304 g/mol. The topological polar surface area (TPSA) is 74.3 Å². The van der Waals surface area contributed by atoms with E-state index in [4.69, 9.17) is 0 Å². The van der Waals surface area contributed by atoms with E-state index < -0.39 is 0 Å². The van der Waals surface area contributed by atoms with E-state index in [1.165, 1.54) is 0 Å². The molecule has 3 rings (SSSR count). The minimum absolute atomic E-state index is 0.0283. The lowest BCUT2D eigenvalue weighted by Gasteiger charge is -2.33. The molecule has 2 aromatic rings. The van der Waals surface area contributed by atoms with Gasteiger partial charge in [-0.3, -0.25) is 9.78 Å². The first-order chi connectivity index (χ1) is 11.7. The number of aromatic nitrogens is 1. The van der Waals surface area contributed by atoms with Crippen molar-refractivity contribution in [2.75, 3.05) is 18.4 Å². The zero-order chi connectivity index (χ0) is 16.9. The van der Waals surface area contributed by atoms with Gasteiger partial charge in [-0.15, -0.1) is 0 Å². The smallest absolute Gasteiger partial charge is 0.321 e. The summed E-state index contributed by atoms with van der Waals surface area (Å²) in [6.07, 6.45) is 3.97. The van der Waals surface area contributed by atoms with Crippen LogP contribution in [-0.4, -0.2) is 41.0 Å². The van der Waals surface area contributed by atoms with E-state index in [1.807, 2.05) is 37.3 Å². The molecule has 0 aliphatic carbocycles. The molecule has 1 atom stereocenters. The summed E-state index contributed by atoms with van der Waals surface area (Å²) in [6, 6.07) is 9.45. The molecule has 6 heteroatoms. The third kappa shape index (κ3) is 3.64. The summed E-state index contributed by atoms with van der Waals surface area (Å²) in [5.41, 5.74) is 1.49. The Balaban J connectivity index is 1.69.